The second kappa shape index (κ2) is 7.97. The summed E-state index contributed by atoms with van der Waals surface area (Å²) in [5.41, 5.74) is 2.69. The second-order valence-electron chi connectivity index (χ2n) is 6.85. The third-order valence-corrected chi connectivity index (χ3v) is 5.76. The molecule has 1 aliphatic rings. The lowest BCUT2D eigenvalue weighted by molar-refractivity contribution is -0.119. The zero-order chi connectivity index (χ0) is 20.4. The van der Waals surface area contributed by atoms with E-state index in [9.17, 15) is 9.59 Å². The normalized spacial score (nSPS) is 13.9. The predicted molar refractivity (Wildman–Crippen MR) is 119 cm³/mol. The molecule has 0 fully saturated rings. The van der Waals surface area contributed by atoms with Crippen molar-refractivity contribution < 1.29 is 9.59 Å². The first-order valence-corrected chi connectivity index (χ1v) is 10.1. The maximum atomic E-state index is 13.4. The highest BCUT2D eigenvalue weighted by atomic mass is 32.2. The Morgan fingerprint density at radius 1 is 0.759 bits per heavy atom. The topological polar surface area (TPSA) is 40.6 Å². The highest BCUT2D eigenvalue weighted by Gasteiger charge is 2.40. The van der Waals surface area contributed by atoms with Crippen molar-refractivity contribution in [1.29, 1.82) is 0 Å². The molecule has 0 aromatic heterocycles. The van der Waals surface area contributed by atoms with Crippen LogP contribution < -0.4 is 9.80 Å². The molecule has 0 spiro atoms. The summed E-state index contributed by atoms with van der Waals surface area (Å²) < 4.78 is 0. The van der Waals surface area contributed by atoms with E-state index in [1.165, 1.54) is 16.7 Å². The van der Waals surface area contributed by atoms with E-state index < -0.39 is 0 Å². The third kappa shape index (κ3) is 3.69. The Balaban J connectivity index is 1.81. The van der Waals surface area contributed by atoms with Gasteiger partial charge < -0.3 is 4.90 Å². The zero-order valence-electron chi connectivity index (χ0n) is 16.2. The number of carbonyl (C=O) groups is 2. The molecule has 4 nitrogen and oxygen atoms in total. The molecule has 0 N–H and O–H groups in total. The third-order valence-electron chi connectivity index (χ3n) is 4.67. The molecule has 3 aromatic carbocycles. The molecule has 3 aromatic rings. The Morgan fingerprint density at radius 2 is 1.41 bits per heavy atom. The smallest absolute Gasteiger partial charge is 0.272 e. The minimum absolute atomic E-state index is 0.293. The molecule has 1 aliphatic heterocycles. The number of anilines is 2. The fourth-order valence-corrected chi connectivity index (χ4v) is 4.23. The van der Waals surface area contributed by atoms with Gasteiger partial charge in [-0.05, 0) is 35.9 Å². The molecule has 0 atom stereocenters. The molecule has 0 saturated heterocycles. The lowest BCUT2D eigenvalue weighted by atomic mass is 10.1. The van der Waals surface area contributed by atoms with Gasteiger partial charge in [-0.15, -0.1) is 0 Å². The summed E-state index contributed by atoms with van der Waals surface area (Å²) >= 11 is 1.33. The Hall–Kier alpha value is -3.31. The van der Waals surface area contributed by atoms with E-state index in [1.807, 2.05) is 97.9 Å². The van der Waals surface area contributed by atoms with Crippen LogP contribution in [-0.4, -0.2) is 25.9 Å². The van der Waals surface area contributed by atoms with Crippen LogP contribution in [0.5, 0.6) is 0 Å². The Bertz CT molecular complexity index is 1090. The summed E-state index contributed by atoms with van der Waals surface area (Å²) in [5.74, 6) is -0.589. The van der Waals surface area contributed by atoms with Gasteiger partial charge in [0.05, 0.1) is 16.2 Å². The molecule has 5 heteroatoms. The summed E-state index contributed by atoms with van der Waals surface area (Å²) in [6, 6.07) is 26.5. The van der Waals surface area contributed by atoms with Gasteiger partial charge >= 0.3 is 0 Å². The van der Waals surface area contributed by atoms with E-state index in [-0.39, 0.29) is 11.8 Å². The van der Waals surface area contributed by atoms with E-state index in [1.54, 1.807) is 6.07 Å². The number of imide groups is 1. The summed E-state index contributed by atoms with van der Waals surface area (Å²) in [4.78, 5) is 31.4. The van der Waals surface area contributed by atoms with Crippen LogP contribution in [0.2, 0.25) is 0 Å². The monoisotopic (exact) mass is 400 g/mol. The van der Waals surface area contributed by atoms with Crippen molar-refractivity contribution >= 4 is 40.5 Å². The number of nitrogens with zero attached hydrogens (tertiary/aromatic N) is 2. The van der Waals surface area contributed by atoms with E-state index >= 15 is 0 Å². The second-order valence-corrected chi connectivity index (χ2v) is 7.93. The van der Waals surface area contributed by atoms with Gasteiger partial charge in [0.1, 0.15) is 0 Å². The van der Waals surface area contributed by atoms with Crippen LogP contribution in [0.4, 0.5) is 11.4 Å². The van der Waals surface area contributed by atoms with Crippen molar-refractivity contribution in [3.05, 3.63) is 95.4 Å². The molecule has 2 amide bonds. The first-order chi connectivity index (χ1) is 14.1. The molecular weight excluding hydrogens is 380 g/mol. The fraction of sp³-hybridized carbons (Fsp3) is 0.0833. The Kier molecular flexibility index (Phi) is 5.23. The number of rotatable bonds is 5. The number of benzene rings is 3. The van der Waals surface area contributed by atoms with Gasteiger partial charge in [-0.1, -0.05) is 66.4 Å². The van der Waals surface area contributed by atoms with Crippen LogP contribution in [0.3, 0.4) is 0 Å². The maximum absolute atomic E-state index is 13.4. The van der Waals surface area contributed by atoms with E-state index in [2.05, 4.69) is 0 Å². The molecular formula is C24H20N2O2S. The maximum Gasteiger partial charge on any atom is 0.272 e. The number of hydrogen-bond acceptors (Lipinski definition) is 4. The van der Waals surface area contributed by atoms with Crippen molar-refractivity contribution in [2.45, 2.75) is 4.90 Å². The molecule has 0 aliphatic carbocycles. The van der Waals surface area contributed by atoms with E-state index in [0.29, 0.717) is 16.2 Å². The van der Waals surface area contributed by atoms with Crippen molar-refractivity contribution in [3.63, 3.8) is 0 Å². The number of thioether (sulfide) groups is 1. The molecule has 0 bridgehead atoms. The SMILES string of the molecule is CN(C)c1cccc(N2C(=O)C(Sc3ccccc3)=C(c3ccccc3)C2=O)c1. The fourth-order valence-electron chi connectivity index (χ4n) is 3.21. The van der Waals surface area contributed by atoms with Gasteiger partial charge in [-0.3, -0.25) is 9.59 Å². The summed E-state index contributed by atoms with van der Waals surface area (Å²) in [6.45, 7) is 0. The largest absolute Gasteiger partial charge is 0.378 e. The lowest BCUT2D eigenvalue weighted by Crippen LogP contribution is -2.31. The average molecular weight is 401 g/mol. The van der Waals surface area contributed by atoms with Crippen LogP contribution in [0.15, 0.2) is 94.7 Å². The summed E-state index contributed by atoms with van der Waals surface area (Å²) in [7, 11) is 3.86. The van der Waals surface area contributed by atoms with Gasteiger partial charge in [0, 0.05) is 24.7 Å². The number of hydrogen-bond donors (Lipinski definition) is 0. The van der Waals surface area contributed by atoms with Crippen LogP contribution >= 0.6 is 11.8 Å². The zero-order valence-corrected chi connectivity index (χ0v) is 17.0. The van der Waals surface area contributed by atoms with Gasteiger partial charge in [0.15, 0.2) is 0 Å². The van der Waals surface area contributed by atoms with Crippen LogP contribution in [0, 0.1) is 0 Å². The summed E-state index contributed by atoms with van der Waals surface area (Å²) in [6.07, 6.45) is 0. The lowest BCUT2D eigenvalue weighted by Gasteiger charge is -2.19. The standard InChI is InChI=1S/C24H20N2O2S/c1-25(2)18-12-9-13-19(16-18)26-23(27)21(17-10-5-3-6-11-17)22(24(26)28)29-20-14-7-4-8-15-20/h3-16H,1-2H3. The highest BCUT2D eigenvalue weighted by molar-refractivity contribution is 8.04. The molecule has 1 heterocycles. The number of amides is 2. The average Bonchev–Trinajstić information content (AvgIpc) is 2.99. The van der Waals surface area contributed by atoms with Crippen LogP contribution in [0.1, 0.15) is 5.56 Å². The molecule has 0 saturated carbocycles. The van der Waals surface area contributed by atoms with Crippen molar-refractivity contribution in [3.8, 4) is 0 Å². The first-order valence-electron chi connectivity index (χ1n) is 9.25. The number of carbonyl (C=O) groups excluding carboxylic acids is 2. The minimum atomic E-state index is -0.296. The molecule has 4 rings (SSSR count). The minimum Gasteiger partial charge on any atom is -0.378 e. The molecule has 144 valence electrons. The quantitative estimate of drug-likeness (QED) is 0.575. The van der Waals surface area contributed by atoms with Crippen molar-refractivity contribution in [2.24, 2.45) is 0 Å². The van der Waals surface area contributed by atoms with E-state index in [4.69, 9.17) is 0 Å². The van der Waals surface area contributed by atoms with Gasteiger partial charge in [-0.2, -0.15) is 0 Å². The molecule has 0 radical (unpaired) electrons. The van der Waals surface area contributed by atoms with Gasteiger partial charge in [0.2, 0.25) is 0 Å². The highest BCUT2D eigenvalue weighted by Crippen LogP contribution is 2.41. The summed E-state index contributed by atoms with van der Waals surface area (Å²) in [5, 5.41) is 0. The molecule has 0 unspecified atom stereocenters. The van der Waals surface area contributed by atoms with Crippen molar-refractivity contribution in [2.75, 3.05) is 23.9 Å². The first kappa shape index (κ1) is 19.0. The predicted octanol–water partition coefficient (Wildman–Crippen LogP) is 4.83. The van der Waals surface area contributed by atoms with E-state index in [0.717, 1.165) is 16.1 Å². The van der Waals surface area contributed by atoms with Gasteiger partial charge in [-0.25, -0.2) is 4.90 Å². The molecule has 29 heavy (non-hydrogen) atoms. The Morgan fingerprint density at radius 3 is 2.07 bits per heavy atom. The van der Waals surface area contributed by atoms with Crippen LogP contribution in [0.25, 0.3) is 5.57 Å². The van der Waals surface area contributed by atoms with Crippen LogP contribution in [-0.2, 0) is 9.59 Å². The van der Waals surface area contributed by atoms with Crippen molar-refractivity contribution in [1.82, 2.24) is 0 Å². The van der Waals surface area contributed by atoms with Gasteiger partial charge in [0.25, 0.3) is 11.8 Å². The Labute approximate surface area is 174 Å².